The number of sulfonamides is 1. The second kappa shape index (κ2) is 7.33. The first-order valence-corrected chi connectivity index (χ1v) is 8.98. The van der Waals surface area contributed by atoms with Crippen molar-refractivity contribution in [3.63, 3.8) is 0 Å². The molecule has 0 aliphatic rings. The summed E-state index contributed by atoms with van der Waals surface area (Å²) in [5.74, 6) is 0. The van der Waals surface area contributed by atoms with Crippen molar-refractivity contribution in [1.82, 2.24) is 4.72 Å². The van der Waals surface area contributed by atoms with Crippen LogP contribution < -0.4 is 4.72 Å². The Morgan fingerprint density at radius 1 is 1.16 bits per heavy atom. The highest BCUT2D eigenvalue weighted by Crippen LogP contribution is 2.30. The fourth-order valence-corrected chi connectivity index (χ4v) is 3.69. The van der Waals surface area contributed by atoms with Gasteiger partial charge in [0.2, 0.25) is 10.0 Å². The monoisotopic (exact) mass is 393 g/mol. The lowest BCUT2D eigenvalue weighted by Crippen LogP contribution is -2.29. The molecule has 0 unspecified atom stereocenters. The Kier molecular flexibility index (Phi) is 5.78. The summed E-state index contributed by atoms with van der Waals surface area (Å²) in [4.78, 5) is -0.0281. The standard InChI is InChI=1S/C16H15ClF3NO3S/c1-10-13(17)3-2-4-15(10)25(23,24)21-9-14(22)11-5-7-12(8-6-11)16(18,19)20/h2-8,14,21-22H,9H2,1H3/t14-/m1/s1. The van der Waals surface area contributed by atoms with Crippen molar-refractivity contribution in [1.29, 1.82) is 0 Å². The number of nitrogens with one attached hydrogen (secondary N) is 1. The second-order valence-electron chi connectivity index (χ2n) is 5.35. The zero-order valence-corrected chi connectivity index (χ0v) is 14.6. The Bertz CT molecular complexity index is 852. The molecule has 136 valence electrons. The largest absolute Gasteiger partial charge is 0.416 e. The summed E-state index contributed by atoms with van der Waals surface area (Å²) >= 11 is 5.90. The third kappa shape index (κ3) is 4.72. The maximum atomic E-state index is 12.5. The van der Waals surface area contributed by atoms with Crippen molar-refractivity contribution in [3.8, 4) is 0 Å². The molecule has 2 N–H and O–H groups in total. The number of aliphatic hydroxyl groups is 1. The van der Waals surface area contributed by atoms with Gasteiger partial charge in [-0.25, -0.2) is 13.1 Å². The lowest BCUT2D eigenvalue weighted by atomic mass is 10.1. The van der Waals surface area contributed by atoms with Gasteiger partial charge < -0.3 is 5.11 Å². The molecule has 0 radical (unpaired) electrons. The van der Waals surface area contributed by atoms with E-state index in [1.54, 1.807) is 13.0 Å². The molecular formula is C16H15ClF3NO3S. The van der Waals surface area contributed by atoms with Crippen LogP contribution in [0.3, 0.4) is 0 Å². The molecule has 0 saturated carbocycles. The third-order valence-electron chi connectivity index (χ3n) is 3.60. The van der Waals surface area contributed by atoms with Gasteiger partial charge in [0, 0.05) is 11.6 Å². The predicted octanol–water partition coefficient (Wildman–Crippen LogP) is 3.68. The summed E-state index contributed by atoms with van der Waals surface area (Å²) in [5.41, 5.74) is -0.321. The van der Waals surface area contributed by atoms with Crippen LogP contribution in [0.4, 0.5) is 13.2 Å². The van der Waals surface area contributed by atoms with E-state index in [0.717, 1.165) is 24.3 Å². The Hall–Kier alpha value is -1.61. The molecule has 0 saturated heterocycles. The molecule has 2 rings (SSSR count). The molecule has 4 nitrogen and oxygen atoms in total. The first kappa shape index (κ1) is 19.7. The van der Waals surface area contributed by atoms with E-state index in [-0.39, 0.29) is 22.0 Å². The summed E-state index contributed by atoms with van der Waals surface area (Å²) in [7, 11) is -3.92. The summed E-state index contributed by atoms with van der Waals surface area (Å²) in [6.45, 7) is 1.16. The number of aliphatic hydroxyl groups excluding tert-OH is 1. The Morgan fingerprint density at radius 3 is 2.32 bits per heavy atom. The predicted molar refractivity (Wildman–Crippen MR) is 87.8 cm³/mol. The highest BCUT2D eigenvalue weighted by molar-refractivity contribution is 7.89. The molecule has 0 aliphatic heterocycles. The maximum absolute atomic E-state index is 12.5. The molecule has 1 atom stereocenters. The van der Waals surface area contributed by atoms with Gasteiger partial charge in [-0.05, 0) is 42.3 Å². The smallest absolute Gasteiger partial charge is 0.387 e. The van der Waals surface area contributed by atoms with Gasteiger partial charge >= 0.3 is 6.18 Å². The van der Waals surface area contributed by atoms with Gasteiger partial charge in [0.05, 0.1) is 16.6 Å². The number of rotatable bonds is 5. The average molecular weight is 394 g/mol. The summed E-state index contributed by atoms with van der Waals surface area (Å²) in [6, 6.07) is 8.26. The van der Waals surface area contributed by atoms with Crippen molar-refractivity contribution in [2.75, 3.05) is 6.54 Å². The summed E-state index contributed by atoms with van der Waals surface area (Å²) < 4.78 is 64.4. The van der Waals surface area contributed by atoms with Crippen molar-refractivity contribution in [2.45, 2.75) is 24.1 Å². The maximum Gasteiger partial charge on any atom is 0.416 e. The van der Waals surface area contributed by atoms with Gasteiger partial charge in [-0.1, -0.05) is 29.8 Å². The average Bonchev–Trinajstić information content (AvgIpc) is 2.54. The minimum absolute atomic E-state index is 0.0281. The molecule has 9 heteroatoms. The van der Waals surface area contributed by atoms with Crippen molar-refractivity contribution < 1.29 is 26.7 Å². The summed E-state index contributed by atoms with van der Waals surface area (Å²) in [6.07, 6.45) is -5.77. The van der Waals surface area contributed by atoms with Crippen LogP contribution in [0.5, 0.6) is 0 Å². The number of halogens is 4. The molecule has 0 fully saturated rings. The number of alkyl halides is 3. The van der Waals surface area contributed by atoms with E-state index < -0.39 is 27.9 Å². The van der Waals surface area contributed by atoms with Gasteiger partial charge in [0.1, 0.15) is 0 Å². The van der Waals surface area contributed by atoms with E-state index in [4.69, 9.17) is 11.6 Å². The highest BCUT2D eigenvalue weighted by Gasteiger charge is 2.30. The van der Waals surface area contributed by atoms with Crippen molar-refractivity contribution in [3.05, 3.63) is 64.2 Å². The van der Waals surface area contributed by atoms with Crippen LogP contribution in [0.15, 0.2) is 47.4 Å². The van der Waals surface area contributed by atoms with Gasteiger partial charge in [0.25, 0.3) is 0 Å². The van der Waals surface area contributed by atoms with Crippen molar-refractivity contribution in [2.24, 2.45) is 0 Å². The number of benzene rings is 2. The molecule has 0 amide bonds. The lowest BCUT2D eigenvalue weighted by Gasteiger charge is -2.15. The lowest BCUT2D eigenvalue weighted by molar-refractivity contribution is -0.137. The van der Waals surface area contributed by atoms with E-state index in [2.05, 4.69) is 4.72 Å². The first-order chi connectivity index (χ1) is 11.5. The van der Waals surface area contributed by atoms with Crippen LogP contribution in [-0.2, 0) is 16.2 Å². The molecule has 0 spiro atoms. The Labute approximate surface area is 148 Å². The van der Waals surface area contributed by atoms with Gasteiger partial charge in [-0.3, -0.25) is 0 Å². The van der Waals surface area contributed by atoms with E-state index in [0.29, 0.717) is 5.56 Å². The van der Waals surface area contributed by atoms with E-state index in [9.17, 15) is 26.7 Å². The van der Waals surface area contributed by atoms with Gasteiger partial charge in [0.15, 0.2) is 0 Å². The Balaban J connectivity index is 2.11. The van der Waals surface area contributed by atoms with E-state index >= 15 is 0 Å². The van der Waals surface area contributed by atoms with Crippen LogP contribution in [0.25, 0.3) is 0 Å². The van der Waals surface area contributed by atoms with Crippen LogP contribution in [-0.4, -0.2) is 20.1 Å². The third-order valence-corrected chi connectivity index (χ3v) is 5.57. The topological polar surface area (TPSA) is 66.4 Å². The summed E-state index contributed by atoms with van der Waals surface area (Å²) in [5, 5.41) is 10.3. The van der Waals surface area contributed by atoms with Gasteiger partial charge in [-0.15, -0.1) is 0 Å². The molecule has 25 heavy (non-hydrogen) atoms. The number of hydrogen-bond acceptors (Lipinski definition) is 3. The molecule has 2 aromatic rings. The molecule has 0 aliphatic carbocycles. The molecule has 0 heterocycles. The fourth-order valence-electron chi connectivity index (χ4n) is 2.16. The zero-order valence-electron chi connectivity index (χ0n) is 13.0. The molecule has 0 bridgehead atoms. The number of hydrogen-bond donors (Lipinski definition) is 2. The molecular weight excluding hydrogens is 379 g/mol. The molecule has 2 aromatic carbocycles. The Morgan fingerprint density at radius 2 is 1.76 bits per heavy atom. The van der Waals surface area contributed by atoms with Crippen LogP contribution in [0.1, 0.15) is 22.8 Å². The van der Waals surface area contributed by atoms with Crippen molar-refractivity contribution >= 4 is 21.6 Å². The van der Waals surface area contributed by atoms with Crippen LogP contribution in [0.2, 0.25) is 5.02 Å². The van der Waals surface area contributed by atoms with E-state index in [1.807, 2.05) is 0 Å². The highest BCUT2D eigenvalue weighted by atomic mass is 35.5. The molecule has 0 aromatic heterocycles. The van der Waals surface area contributed by atoms with E-state index in [1.165, 1.54) is 12.1 Å². The van der Waals surface area contributed by atoms with Crippen LogP contribution >= 0.6 is 11.6 Å². The first-order valence-electron chi connectivity index (χ1n) is 7.12. The minimum Gasteiger partial charge on any atom is -0.387 e. The van der Waals surface area contributed by atoms with Gasteiger partial charge in [-0.2, -0.15) is 13.2 Å². The quantitative estimate of drug-likeness (QED) is 0.814. The zero-order chi connectivity index (χ0) is 18.8. The van der Waals surface area contributed by atoms with Crippen LogP contribution in [0, 0.1) is 6.92 Å². The second-order valence-corrected chi connectivity index (χ2v) is 7.49. The minimum atomic E-state index is -4.48. The normalized spacial score (nSPS) is 13.7. The fraction of sp³-hybridized carbons (Fsp3) is 0.250. The SMILES string of the molecule is Cc1c(Cl)cccc1S(=O)(=O)NC[C@@H](O)c1ccc(C(F)(F)F)cc1.